The standard InChI is InChI=1S/C16H24N2O4/c1-12-4-3-5-13(2)17(12)10-15(19)11-22-16-8-6-14(7-9-16)18(20)21/h6-9,12-13,15,19H,3-5,10-11H2,1-2H3/t12-,13-,15+/m1/s1. The van der Waals surface area contributed by atoms with Crippen LogP contribution in [0.2, 0.25) is 0 Å². The Morgan fingerprint density at radius 2 is 1.91 bits per heavy atom. The number of hydrogen-bond donors (Lipinski definition) is 1. The van der Waals surface area contributed by atoms with E-state index in [1.165, 1.54) is 31.4 Å². The first-order valence-corrected chi connectivity index (χ1v) is 7.78. The summed E-state index contributed by atoms with van der Waals surface area (Å²) < 4.78 is 5.52. The minimum atomic E-state index is -0.571. The van der Waals surface area contributed by atoms with E-state index >= 15 is 0 Å². The molecular formula is C16H24N2O4. The molecule has 0 radical (unpaired) electrons. The third-order valence-corrected chi connectivity index (χ3v) is 4.29. The van der Waals surface area contributed by atoms with E-state index in [0.717, 1.165) is 0 Å². The summed E-state index contributed by atoms with van der Waals surface area (Å²) in [6.07, 6.45) is 3.01. The number of rotatable bonds is 6. The Hall–Kier alpha value is -1.66. The monoisotopic (exact) mass is 308 g/mol. The average molecular weight is 308 g/mol. The van der Waals surface area contributed by atoms with Gasteiger partial charge in [0.15, 0.2) is 0 Å². The number of piperidine rings is 1. The van der Waals surface area contributed by atoms with Crippen molar-refractivity contribution >= 4 is 5.69 Å². The van der Waals surface area contributed by atoms with Crippen LogP contribution in [0.4, 0.5) is 5.69 Å². The molecule has 6 nitrogen and oxygen atoms in total. The van der Waals surface area contributed by atoms with Crippen LogP contribution < -0.4 is 4.74 Å². The summed E-state index contributed by atoms with van der Waals surface area (Å²) in [5, 5.41) is 20.7. The Bertz CT molecular complexity index is 481. The zero-order valence-electron chi connectivity index (χ0n) is 13.1. The predicted molar refractivity (Wildman–Crippen MR) is 84.1 cm³/mol. The number of nitrogens with zero attached hydrogens (tertiary/aromatic N) is 2. The first-order chi connectivity index (χ1) is 10.5. The Labute approximate surface area is 130 Å². The summed E-state index contributed by atoms with van der Waals surface area (Å²) in [6.45, 7) is 5.17. The van der Waals surface area contributed by atoms with Gasteiger partial charge < -0.3 is 9.84 Å². The molecule has 0 spiro atoms. The van der Waals surface area contributed by atoms with Crippen LogP contribution in [0.3, 0.4) is 0 Å². The second-order valence-electron chi connectivity index (χ2n) is 6.04. The first-order valence-electron chi connectivity index (χ1n) is 7.78. The largest absolute Gasteiger partial charge is 0.491 e. The predicted octanol–water partition coefficient (Wildman–Crippen LogP) is 2.60. The van der Waals surface area contributed by atoms with Crippen LogP contribution in [0, 0.1) is 10.1 Å². The average Bonchev–Trinajstić information content (AvgIpc) is 2.49. The maximum atomic E-state index is 10.6. The zero-order valence-corrected chi connectivity index (χ0v) is 13.1. The number of likely N-dealkylation sites (tertiary alicyclic amines) is 1. The van der Waals surface area contributed by atoms with E-state index in [1.807, 2.05) is 0 Å². The number of β-amino-alcohol motifs (C(OH)–C–C–N with tert-alkyl or cyclic N) is 1. The fourth-order valence-electron chi connectivity index (χ4n) is 2.99. The smallest absolute Gasteiger partial charge is 0.269 e. The molecule has 0 unspecified atom stereocenters. The highest BCUT2D eigenvalue weighted by Crippen LogP contribution is 2.23. The zero-order chi connectivity index (χ0) is 16.1. The van der Waals surface area contributed by atoms with Gasteiger partial charge in [0.1, 0.15) is 18.5 Å². The Kier molecular flexibility index (Phi) is 5.74. The molecule has 1 saturated heterocycles. The van der Waals surface area contributed by atoms with Crippen LogP contribution in [0.25, 0.3) is 0 Å². The molecule has 1 fully saturated rings. The SMILES string of the molecule is C[C@@H]1CCC[C@@H](C)N1C[C@H](O)COc1ccc([N+](=O)[O-])cc1. The summed E-state index contributed by atoms with van der Waals surface area (Å²) in [6, 6.07) is 6.87. The quantitative estimate of drug-likeness (QED) is 0.646. The highest BCUT2D eigenvalue weighted by Gasteiger charge is 2.26. The van der Waals surface area contributed by atoms with Crippen molar-refractivity contribution in [3.63, 3.8) is 0 Å². The van der Waals surface area contributed by atoms with E-state index < -0.39 is 11.0 Å². The Balaban J connectivity index is 1.81. The van der Waals surface area contributed by atoms with Gasteiger partial charge in [0.25, 0.3) is 5.69 Å². The van der Waals surface area contributed by atoms with Crippen molar-refractivity contribution in [3.8, 4) is 5.75 Å². The van der Waals surface area contributed by atoms with E-state index in [1.54, 1.807) is 12.1 Å². The van der Waals surface area contributed by atoms with Crippen molar-refractivity contribution in [1.82, 2.24) is 4.90 Å². The third kappa shape index (κ3) is 4.42. The molecular weight excluding hydrogens is 284 g/mol. The highest BCUT2D eigenvalue weighted by molar-refractivity contribution is 5.35. The molecule has 0 aromatic heterocycles. The van der Waals surface area contributed by atoms with Crippen molar-refractivity contribution in [2.75, 3.05) is 13.2 Å². The maximum absolute atomic E-state index is 10.6. The van der Waals surface area contributed by atoms with Crippen LogP contribution in [0.15, 0.2) is 24.3 Å². The number of hydrogen-bond acceptors (Lipinski definition) is 5. The summed E-state index contributed by atoms with van der Waals surface area (Å²) in [5.74, 6) is 0.532. The molecule has 3 atom stereocenters. The molecule has 0 saturated carbocycles. The van der Waals surface area contributed by atoms with Crippen molar-refractivity contribution < 1.29 is 14.8 Å². The molecule has 0 bridgehead atoms. The first kappa shape index (κ1) is 16.7. The van der Waals surface area contributed by atoms with Gasteiger partial charge in [-0.3, -0.25) is 15.0 Å². The van der Waals surface area contributed by atoms with Crippen LogP contribution in [-0.4, -0.2) is 46.3 Å². The second kappa shape index (κ2) is 7.56. The topological polar surface area (TPSA) is 75.8 Å². The lowest BCUT2D eigenvalue weighted by atomic mass is 9.97. The summed E-state index contributed by atoms with van der Waals surface area (Å²) >= 11 is 0. The van der Waals surface area contributed by atoms with Crippen molar-refractivity contribution in [2.45, 2.75) is 51.3 Å². The molecule has 22 heavy (non-hydrogen) atoms. The fourth-order valence-corrected chi connectivity index (χ4v) is 2.99. The molecule has 0 amide bonds. The lowest BCUT2D eigenvalue weighted by Crippen LogP contribution is -2.48. The minimum Gasteiger partial charge on any atom is -0.491 e. The molecule has 1 aliphatic heterocycles. The number of benzene rings is 1. The number of non-ortho nitro benzene ring substituents is 1. The second-order valence-corrected chi connectivity index (χ2v) is 6.04. The van der Waals surface area contributed by atoms with Crippen molar-refractivity contribution in [3.05, 3.63) is 34.4 Å². The lowest BCUT2D eigenvalue weighted by molar-refractivity contribution is -0.384. The van der Waals surface area contributed by atoms with Gasteiger partial charge in [0.05, 0.1) is 4.92 Å². The van der Waals surface area contributed by atoms with E-state index in [9.17, 15) is 15.2 Å². The number of aliphatic hydroxyl groups is 1. The highest BCUT2D eigenvalue weighted by atomic mass is 16.6. The number of nitro benzene ring substituents is 1. The maximum Gasteiger partial charge on any atom is 0.269 e. The Morgan fingerprint density at radius 3 is 2.45 bits per heavy atom. The van der Waals surface area contributed by atoms with Crippen LogP contribution >= 0.6 is 0 Å². The third-order valence-electron chi connectivity index (χ3n) is 4.29. The summed E-state index contributed by atoms with van der Waals surface area (Å²) in [7, 11) is 0. The lowest BCUT2D eigenvalue weighted by Gasteiger charge is -2.40. The molecule has 2 rings (SSSR count). The van der Waals surface area contributed by atoms with Gasteiger partial charge in [0.2, 0.25) is 0 Å². The van der Waals surface area contributed by atoms with E-state index in [0.29, 0.717) is 24.4 Å². The van der Waals surface area contributed by atoms with Gasteiger partial charge in [-0.15, -0.1) is 0 Å². The van der Waals surface area contributed by atoms with Crippen LogP contribution in [0.5, 0.6) is 5.75 Å². The van der Waals surface area contributed by atoms with E-state index in [2.05, 4.69) is 18.7 Å². The van der Waals surface area contributed by atoms with Gasteiger partial charge in [0, 0.05) is 30.8 Å². The molecule has 1 N–H and O–H groups in total. The van der Waals surface area contributed by atoms with Crippen molar-refractivity contribution in [1.29, 1.82) is 0 Å². The Morgan fingerprint density at radius 1 is 1.32 bits per heavy atom. The molecule has 1 aromatic rings. The van der Waals surface area contributed by atoms with Gasteiger partial charge in [-0.1, -0.05) is 6.42 Å². The summed E-state index contributed by atoms with van der Waals surface area (Å²) in [5.41, 5.74) is 0.0314. The van der Waals surface area contributed by atoms with Gasteiger partial charge in [-0.25, -0.2) is 0 Å². The number of nitro groups is 1. The van der Waals surface area contributed by atoms with Gasteiger partial charge >= 0.3 is 0 Å². The molecule has 1 aliphatic rings. The van der Waals surface area contributed by atoms with E-state index in [-0.39, 0.29) is 12.3 Å². The summed E-state index contributed by atoms with van der Waals surface area (Å²) in [4.78, 5) is 12.5. The van der Waals surface area contributed by atoms with Gasteiger partial charge in [-0.2, -0.15) is 0 Å². The normalized spacial score (nSPS) is 24.0. The van der Waals surface area contributed by atoms with Gasteiger partial charge in [-0.05, 0) is 38.8 Å². The fraction of sp³-hybridized carbons (Fsp3) is 0.625. The molecule has 1 aromatic carbocycles. The number of aliphatic hydroxyl groups excluding tert-OH is 1. The molecule has 0 aliphatic carbocycles. The molecule has 122 valence electrons. The number of ether oxygens (including phenoxy) is 1. The minimum absolute atomic E-state index is 0.0314. The van der Waals surface area contributed by atoms with Crippen molar-refractivity contribution in [2.24, 2.45) is 0 Å². The van der Waals surface area contributed by atoms with Crippen LogP contribution in [0.1, 0.15) is 33.1 Å². The van der Waals surface area contributed by atoms with Crippen LogP contribution in [-0.2, 0) is 0 Å². The van der Waals surface area contributed by atoms with E-state index in [4.69, 9.17) is 4.74 Å². The molecule has 6 heteroatoms. The molecule has 1 heterocycles.